The molecule has 78 valence electrons. The van der Waals surface area contributed by atoms with E-state index in [4.69, 9.17) is 0 Å². The Bertz CT molecular complexity index is 325. The second-order valence-corrected chi connectivity index (χ2v) is 3.20. The predicted molar refractivity (Wildman–Crippen MR) is 55.2 cm³/mol. The Labute approximate surface area is 83.2 Å². The zero-order valence-corrected chi connectivity index (χ0v) is 8.93. The van der Waals surface area contributed by atoms with Crippen molar-refractivity contribution in [3.8, 4) is 0 Å². The minimum absolute atomic E-state index is 0.267. The van der Waals surface area contributed by atoms with Crippen LogP contribution in [-0.4, -0.2) is 30.6 Å². The highest BCUT2D eigenvalue weighted by molar-refractivity contribution is 5.44. The molecule has 1 N–H and O–H groups in total. The molecule has 14 heavy (non-hydrogen) atoms. The number of aryl methyl sites for hydroxylation is 1. The van der Waals surface area contributed by atoms with Crippen molar-refractivity contribution in [2.45, 2.75) is 13.8 Å². The van der Waals surface area contributed by atoms with Crippen LogP contribution in [0.1, 0.15) is 12.6 Å². The Balaban J connectivity index is 3.14. The standard InChI is InChI=1S/C9H15FN4/c1-5-11-8-7(10)6(2)12-9(13-8)14(3)4/h5H2,1-4H3,(H,11,12,13). The molecule has 0 aromatic carbocycles. The molecule has 0 spiro atoms. The largest absolute Gasteiger partial charge is 0.368 e. The van der Waals surface area contributed by atoms with Gasteiger partial charge in [-0.05, 0) is 13.8 Å². The third-order valence-electron chi connectivity index (χ3n) is 1.75. The lowest BCUT2D eigenvalue weighted by Crippen LogP contribution is -2.16. The molecule has 1 aromatic heterocycles. The first-order chi connectivity index (χ1) is 6.56. The van der Waals surface area contributed by atoms with Crippen molar-refractivity contribution in [2.75, 3.05) is 30.9 Å². The van der Waals surface area contributed by atoms with Crippen LogP contribution in [0.2, 0.25) is 0 Å². The predicted octanol–water partition coefficient (Wildman–Crippen LogP) is 1.42. The maximum atomic E-state index is 13.4. The van der Waals surface area contributed by atoms with Crippen molar-refractivity contribution < 1.29 is 4.39 Å². The number of nitrogens with one attached hydrogen (secondary N) is 1. The quantitative estimate of drug-likeness (QED) is 0.797. The minimum Gasteiger partial charge on any atom is -0.368 e. The van der Waals surface area contributed by atoms with Gasteiger partial charge in [-0.1, -0.05) is 0 Å². The van der Waals surface area contributed by atoms with Gasteiger partial charge in [0.2, 0.25) is 5.95 Å². The Morgan fingerprint density at radius 3 is 2.50 bits per heavy atom. The number of halogens is 1. The Morgan fingerprint density at radius 2 is 2.00 bits per heavy atom. The van der Waals surface area contributed by atoms with Gasteiger partial charge in [-0.15, -0.1) is 0 Å². The summed E-state index contributed by atoms with van der Waals surface area (Å²) in [4.78, 5) is 9.81. The maximum Gasteiger partial charge on any atom is 0.227 e. The fraction of sp³-hybridized carbons (Fsp3) is 0.556. The van der Waals surface area contributed by atoms with Crippen LogP contribution in [0.3, 0.4) is 0 Å². The molecule has 1 aromatic rings. The molecule has 0 saturated carbocycles. The lowest BCUT2D eigenvalue weighted by atomic mass is 10.4. The van der Waals surface area contributed by atoms with Crippen molar-refractivity contribution in [1.29, 1.82) is 0 Å². The second kappa shape index (κ2) is 4.21. The smallest absolute Gasteiger partial charge is 0.227 e. The summed E-state index contributed by atoms with van der Waals surface area (Å²) in [5, 5.41) is 2.86. The van der Waals surface area contributed by atoms with Crippen LogP contribution < -0.4 is 10.2 Å². The van der Waals surface area contributed by atoms with Gasteiger partial charge in [0, 0.05) is 20.6 Å². The highest BCUT2D eigenvalue weighted by atomic mass is 19.1. The molecule has 0 atom stereocenters. The molecule has 0 bridgehead atoms. The molecule has 0 radical (unpaired) electrons. The lowest BCUT2D eigenvalue weighted by Gasteiger charge is -2.13. The van der Waals surface area contributed by atoms with E-state index in [1.54, 1.807) is 11.8 Å². The molecule has 0 aliphatic carbocycles. The molecule has 1 rings (SSSR count). The number of rotatable bonds is 3. The van der Waals surface area contributed by atoms with Gasteiger partial charge < -0.3 is 10.2 Å². The average Bonchev–Trinajstić information content (AvgIpc) is 2.12. The van der Waals surface area contributed by atoms with Crippen molar-refractivity contribution in [1.82, 2.24) is 9.97 Å². The van der Waals surface area contributed by atoms with E-state index in [0.29, 0.717) is 18.2 Å². The first kappa shape index (κ1) is 10.7. The van der Waals surface area contributed by atoms with Gasteiger partial charge >= 0.3 is 0 Å². The van der Waals surface area contributed by atoms with Crippen LogP contribution in [0.5, 0.6) is 0 Å². The van der Waals surface area contributed by atoms with Crippen molar-refractivity contribution in [2.24, 2.45) is 0 Å². The Kier molecular flexibility index (Phi) is 3.22. The van der Waals surface area contributed by atoms with E-state index in [0.717, 1.165) is 0 Å². The van der Waals surface area contributed by atoms with Crippen LogP contribution in [0.25, 0.3) is 0 Å². The van der Waals surface area contributed by atoms with E-state index in [9.17, 15) is 4.39 Å². The Hall–Kier alpha value is -1.39. The summed E-state index contributed by atoms with van der Waals surface area (Å²) in [6.45, 7) is 4.16. The molecular weight excluding hydrogens is 183 g/mol. The fourth-order valence-electron chi connectivity index (χ4n) is 1.03. The monoisotopic (exact) mass is 198 g/mol. The van der Waals surface area contributed by atoms with Crippen molar-refractivity contribution >= 4 is 11.8 Å². The first-order valence-corrected chi connectivity index (χ1v) is 4.51. The second-order valence-electron chi connectivity index (χ2n) is 3.20. The number of anilines is 2. The topological polar surface area (TPSA) is 41.1 Å². The molecule has 0 saturated heterocycles. The number of aromatic nitrogens is 2. The Morgan fingerprint density at radius 1 is 1.36 bits per heavy atom. The van der Waals surface area contributed by atoms with Crippen molar-refractivity contribution in [3.05, 3.63) is 11.5 Å². The number of hydrogen-bond acceptors (Lipinski definition) is 4. The molecule has 0 aliphatic heterocycles. The summed E-state index contributed by atoms with van der Waals surface area (Å²) in [7, 11) is 3.64. The summed E-state index contributed by atoms with van der Waals surface area (Å²) in [6, 6.07) is 0. The average molecular weight is 198 g/mol. The van der Waals surface area contributed by atoms with Gasteiger partial charge in [0.05, 0.1) is 5.69 Å². The van der Waals surface area contributed by atoms with Gasteiger partial charge in [0.1, 0.15) is 0 Å². The van der Waals surface area contributed by atoms with Gasteiger partial charge in [-0.3, -0.25) is 0 Å². The van der Waals surface area contributed by atoms with E-state index in [1.807, 2.05) is 21.0 Å². The maximum absolute atomic E-state index is 13.4. The van der Waals surface area contributed by atoms with Crippen LogP contribution in [0.4, 0.5) is 16.2 Å². The molecule has 0 unspecified atom stereocenters. The van der Waals surface area contributed by atoms with E-state index < -0.39 is 0 Å². The van der Waals surface area contributed by atoms with Crippen LogP contribution >= 0.6 is 0 Å². The minimum atomic E-state index is -0.377. The van der Waals surface area contributed by atoms with E-state index in [-0.39, 0.29) is 11.6 Å². The highest BCUT2D eigenvalue weighted by Crippen LogP contribution is 2.16. The van der Waals surface area contributed by atoms with Crippen LogP contribution in [-0.2, 0) is 0 Å². The summed E-state index contributed by atoms with van der Waals surface area (Å²) < 4.78 is 13.4. The SMILES string of the molecule is CCNc1nc(N(C)C)nc(C)c1F. The molecule has 0 aliphatic rings. The third-order valence-corrected chi connectivity index (χ3v) is 1.75. The van der Waals surface area contributed by atoms with E-state index >= 15 is 0 Å². The van der Waals surface area contributed by atoms with E-state index in [2.05, 4.69) is 15.3 Å². The van der Waals surface area contributed by atoms with Gasteiger partial charge in [-0.25, -0.2) is 9.37 Å². The number of hydrogen-bond donors (Lipinski definition) is 1. The molecule has 4 nitrogen and oxygen atoms in total. The molecule has 5 heteroatoms. The molecule has 0 fully saturated rings. The summed E-state index contributed by atoms with van der Waals surface area (Å²) in [5.74, 6) is 0.404. The van der Waals surface area contributed by atoms with Gasteiger partial charge in [0.15, 0.2) is 11.6 Å². The van der Waals surface area contributed by atoms with Gasteiger partial charge in [0.25, 0.3) is 0 Å². The molecule has 1 heterocycles. The zero-order valence-electron chi connectivity index (χ0n) is 8.93. The van der Waals surface area contributed by atoms with Gasteiger partial charge in [-0.2, -0.15) is 4.98 Å². The lowest BCUT2D eigenvalue weighted by molar-refractivity contribution is 0.605. The summed E-state index contributed by atoms with van der Waals surface area (Å²) >= 11 is 0. The molecule has 0 amide bonds. The normalized spacial score (nSPS) is 10.1. The summed E-state index contributed by atoms with van der Waals surface area (Å²) in [6.07, 6.45) is 0. The van der Waals surface area contributed by atoms with E-state index in [1.165, 1.54) is 0 Å². The van der Waals surface area contributed by atoms with Crippen LogP contribution in [0, 0.1) is 12.7 Å². The highest BCUT2D eigenvalue weighted by Gasteiger charge is 2.11. The zero-order chi connectivity index (χ0) is 10.7. The van der Waals surface area contributed by atoms with Crippen molar-refractivity contribution in [3.63, 3.8) is 0 Å². The van der Waals surface area contributed by atoms with Crippen LogP contribution in [0.15, 0.2) is 0 Å². The first-order valence-electron chi connectivity index (χ1n) is 4.51. The fourth-order valence-corrected chi connectivity index (χ4v) is 1.03. The summed E-state index contributed by atoms with van der Waals surface area (Å²) in [5.41, 5.74) is 0.361. The third kappa shape index (κ3) is 2.10. The molecular formula is C9H15FN4. The number of nitrogens with zero attached hydrogens (tertiary/aromatic N) is 3.